The van der Waals surface area contributed by atoms with Crippen molar-refractivity contribution in [3.05, 3.63) is 126 Å². The molecule has 0 unspecified atom stereocenters. The van der Waals surface area contributed by atoms with E-state index < -0.39 is 5.54 Å². The van der Waals surface area contributed by atoms with Gasteiger partial charge in [0.1, 0.15) is 5.54 Å². The largest absolute Gasteiger partial charge is 0.390 e. The zero-order valence-corrected chi connectivity index (χ0v) is 14.4. The Bertz CT molecular complexity index is 866. The SMILES string of the molecule is OCc1cncn1C(c1ccccc1)(c1ccccc1)c1ccccc1. The number of aliphatic hydroxyl groups is 1. The second kappa shape index (κ2) is 6.98. The van der Waals surface area contributed by atoms with Gasteiger partial charge in [-0.2, -0.15) is 0 Å². The topological polar surface area (TPSA) is 38.1 Å². The minimum absolute atomic E-state index is 0.0751. The van der Waals surface area contributed by atoms with Crippen molar-refractivity contribution in [3.63, 3.8) is 0 Å². The first-order valence-electron chi connectivity index (χ1n) is 8.66. The number of nitrogens with zero attached hydrogens (tertiary/aromatic N) is 2. The van der Waals surface area contributed by atoms with Crippen molar-refractivity contribution in [1.29, 1.82) is 0 Å². The summed E-state index contributed by atoms with van der Waals surface area (Å²) in [6.07, 6.45) is 3.53. The highest BCUT2D eigenvalue weighted by Crippen LogP contribution is 2.41. The third-order valence-corrected chi connectivity index (χ3v) is 4.81. The second-order valence-corrected chi connectivity index (χ2v) is 6.22. The molecule has 3 aromatic carbocycles. The molecule has 3 heteroatoms. The second-order valence-electron chi connectivity index (χ2n) is 6.22. The average molecular weight is 340 g/mol. The first kappa shape index (κ1) is 16.3. The van der Waals surface area contributed by atoms with Gasteiger partial charge in [-0.25, -0.2) is 4.98 Å². The molecule has 3 nitrogen and oxygen atoms in total. The minimum Gasteiger partial charge on any atom is -0.390 e. The van der Waals surface area contributed by atoms with Crippen LogP contribution in [0.1, 0.15) is 22.4 Å². The molecule has 0 aliphatic rings. The molecule has 26 heavy (non-hydrogen) atoms. The number of benzene rings is 3. The number of aliphatic hydroxyl groups excluding tert-OH is 1. The summed E-state index contributed by atoms with van der Waals surface area (Å²) in [5.41, 5.74) is 3.50. The van der Waals surface area contributed by atoms with Crippen LogP contribution in [0.3, 0.4) is 0 Å². The molecule has 0 aliphatic heterocycles. The number of rotatable bonds is 5. The van der Waals surface area contributed by atoms with Gasteiger partial charge in [0.25, 0.3) is 0 Å². The van der Waals surface area contributed by atoms with Crippen LogP contribution >= 0.6 is 0 Å². The quantitative estimate of drug-likeness (QED) is 0.553. The Balaban J connectivity index is 2.15. The minimum atomic E-state index is -0.613. The van der Waals surface area contributed by atoms with Crippen LogP contribution < -0.4 is 0 Å². The van der Waals surface area contributed by atoms with E-state index in [0.29, 0.717) is 0 Å². The summed E-state index contributed by atoms with van der Waals surface area (Å²) in [5.74, 6) is 0. The molecule has 0 amide bonds. The van der Waals surface area contributed by atoms with Crippen molar-refractivity contribution < 1.29 is 5.11 Å². The van der Waals surface area contributed by atoms with Crippen LogP contribution in [-0.4, -0.2) is 14.7 Å². The molecule has 0 fully saturated rings. The van der Waals surface area contributed by atoms with Crippen molar-refractivity contribution >= 4 is 0 Å². The molecule has 0 spiro atoms. The first-order valence-corrected chi connectivity index (χ1v) is 8.66. The van der Waals surface area contributed by atoms with E-state index >= 15 is 0 Å². The molecule has 0 radical (unpaired) electrons. The lowest BCUT2D eigenvalue weighted by molar-refractivity contribution is 0.265. The van der Waals surface area contributed by atoms with Gasteiger partial charge in [0, 0.05) is 0 Å². The predicted molar refractivity (Wildman–Crippen MR) is 103 cm³/mol. The number of hydrogen-bond donors (Lipinski definition) is 1. The van der Waals surface area contributed by atoms with Gasteiger partial charge in [0.05, 0.1) is 24.8 Å². The lowest BCUT2D eigenvalue weighted by Crippen LogP contribution is -2.38. The molecule has 0 saturated carbocycles. The van der Waals surface area contributed by atoms with E-state index in [1.54, 1.807) is 12.5 Å². The van der Waals surface area contributed by atoms with Crippen LogP contribution in [0, 0.1) is 0 Å². The fraction of sp³-hybridized carbons (Fsp3) is 0.0870. The normalized spacial score (nSPS) is 11.4. The Hall–Kier alpha value is -3.17. The Kier molecular flexibility index (Phi) is 4.38. The van der Waals surface area contributed by atoms with Crippen molar-refractivity contribution in [2.45, 2.75) is 12.1 Å². The average Bonchev–Trinajstić information content (AvgIpc) is 3.20. The molecule has 1 N–H and O–H groups in total. The summed E-state index contributed by atoms with van der Waals surface area (Å²) in [6.45, 7) is -0.0751. The molecule has 4 aromatic rings. The van der Waals surface area contributed by atoms with E-state index in [1.165, 1.54) is 0 Å². The molecular weight excluding hydrogens is 320 g/mol. The summed E-state index contributed by atoms with van der Waals surface area (Å²) in [5, 5.41) is 9.95. The van der Waals surface area contributed by atoms with Gasteiger partial charge in [0.15, 0.2) is 0 Å². The summed E-state index contributed by atoms with van der Waals surface area (Å²) in [6, 6.07) is 31.1. The van der Waals surface area contributed by atoms with Crippen molar-refractivity contribution in [2.24, 2.45) is 0 Å². The lowest BCUT2D eigenvalue weighted by Gasteiger charge is -2.38. The molecule has 0 bridgehead atoms. The smallest absolute Gasteiger partial charge is 0.122 e. The Morgan fingerprint density at radius 3 is 1.50 bits per heavy atom. The van der Waals surface area contributed by atoms with Gasteiger partial charge in [-0.3, -0.25) is 0 Å². The summed E-state index contributed by atoms with van der Waals surface area (Å²) in [7, 11) is 0. The van der Waals surface area contributed by atoms with E-state index in [0.717, 1.165) is 22.4 Å². The van der Waals surface area contributed by atoms with Gasteiger partial charge in [-0.05, 0) is 16.7 Å². The van der Waals surface area contributed by atoms with E-state index in [2.05, 4.69) is 45.9 Å². The van der Waals surface area contributed by atoms with Gasteiger partial charge < -0.3 is 9.67 Å². The zero-order valence-electron chi connectivity index (χ0n) is 14.4. The predicted octanol–water partition coefficient (Wildman–Crippen LogP) is 4.22. The maximum atomic E-state index is 9.95. The molecule has 1 aromatic heterocycles. The van der Waals surface area contributed by atoms with Crippen molar-refractivity contribution in [3.8, 4) is 0 Å². The van der Waals surface area contributed by atoms with Crippen LogP contribution in [0.2, 0.25) is 0 Å². The molecule has 0 saturated heterocycles. The van der Waals surface area contributed by atoms with E-state index in [9.17, 15) is 5.11 Å². The van der Waals surface area contributed by atoms with Crippen molar-refractivity contribution in [1.82, 2.24) is 9.55 Å². The fourth-order valence-electron chi connectivity index (χ4n) is 3.70. The maximum Gasteiger partial charge on any atom is 0.122 e. The Morgan fingerprint density at radius 1 is 0.692 bits per heavy atom. The highest BCUT2D eigenvalue weighted by Gasteiger charge is 2.39. The van der Waals surface area contributed by atoms with Gasteiger partial charge >= 0.3 is 0 Å². The monoisotopic (exact) mass is 340 g/mol. The number of hydrogen-bond acceptors (Lipinski definition) is 2. The van der Waals surface area contributed by atoms with Gasteiger partial charge in [0.2, 0.25) is 0 Å². The van der Waals surface area contributed by atoms with Gasteiger partial charge in [-0.1, -0.05) is 91.0 Å². The molecule has 4 rings (SSSR count). The Labute approximate surface area is 153 Å². The van der Waals surface area contributed by atoms with Crippen LogP contribution in [0.5, 0.6) is 0 Å². The molecular formula is C23H20N2O. The van der Waals surface area contributed by atoms with Crippen LogP contribution in [0.25, 0.3) is 0 Å². The maximum absolute atomic E-state index is 9.95. The third-order valence-electron chi connectivity index (χ3n) is 4.81. The highest BCUT2D eigenvalue weighted by molar-refractivity contribution is 5.51. The summed E-state index contributed by atoms with van der Waals surface area (Å²) in [4.78, 5) is 4.34. The number of imidazole rings is 1. The van der Waals surface area contributed by atoms with Crippen LogP contribution in [0.4, 0.5) is 0 Å². The van der Waals surface area contributed by atoms with Crippen LogP contribution in [0.15, 0.2) is 104 Å². The molecule has 128 valence electrons. The zero-order chi connectivity index (χ0) is 17.8. The first-order chi connectivity index (χ1) is 12.9. The van der Waals surface area contributed by atoms with E-state index in [4.69, 9.17) is 0 Å². The van der Waals surface area contributed by atoms with E-state index in [-0.39, 0.29) is 6.61 Å². The number of aromatic nitrogens is 2. The Morgan fingerprint density at radius 2 is 1.12 bits per heavy atom. The lowest BCUT2D eigenvalue weighted by atomic mass is 9.76. The van der Waals surface area contributed by atoms with Gasteiger partial charge in [-0.15, -0.1) is 0 Å². The van der Waals surface area contributed by atoms with Crippen LogP contribution in [-0.2, 0) is 12.1 Å². The standard InChI is InChI=1S/C23H20N2O/c26-17-22-16-24-18-25(22)23(19-10-4-1-5-11-19,20-12-6-2-7-13-20)21-14-8-3-9-15-21/h1-16,18,26H,17H2. The molecule has 0 aliphatic carbocycles. The third kappa shape index (κ3) is 2.54. The molecule has 0 atom stereocenters. The summed E-state index contributed by atoms with van der Waals surface area (Å²) >= 11 is 0. The summed E-state index contributed by atoms with van der Waals surface area (Å²) < 4.78 is 2.08. The van der Waals surface area contributed by atoms with E-state index in [1.807, 2.05) is 54.6 Å². The highest BCUT2D eigenvalue weighted by atomic mass is 16.3. The molecule has 1 heterocycles. The van der Waals surface area contributed by atoms with Crippen molar-refractivity contribution in [2.75, 3.05) is 0 Å². The fourth-order valence-corrected chi connectivity index (χ4v) is 3.70.